The normalized spacial score (nSPS) is 14.1. The summed E-state index contributed by atoms with van der Waals surface area (Å²) in [6.45, 7) is 0.208. The van der Waals surface area contributed by atoms with Crippen LogP contribution in [-0.2, 0) is 21.0 Å². The first-order valence-corrected chi connectivity index (χ1v) is 9.52. The SMILES string of the molecule is NOCC(=O)NCCNc1cc(COC(=O)NC2CCCCC2)ccc1[N+](=O)[O-]. The monoisotopic (exact) mass is 409 g/mol. The zero-order chi connectivity index (χ0) is 21.1. The fourth-order valence-corrected chi connectivity index (χ4v) is 3.10. The molecule has 0 radical (unpaired) electrons. The van der Waals surface area contributed by atoms with Gasteiger partial charge in [0.05, 0.1) is 4.92 Å². The number of nitrogens with zero attached hydrogens (tertiary/aromatic N) is 1. The lowest BCUT2D eigenvalue weighted by molar-refractivity contribution is -0.384. The first-order chi connectivity index (χ1) is 14.0. The van der Waals surface area contributed by atoms with E-state index < -0.39 is 16.9 Å². The van der Waals surface area contributed by atoms with Crippen molar-refractivity contribution in [2.45, 2.75) is 44.8 Å². The zero-order valence-corrected chi connectivity index (χ0v) is 16.1. The zero-order valence-electron chi connectivity index (χ0n) is 16.1. The molecule has 1 aliphatic carbocycles. The summed E-state index contributed by atoms with van der Waals surface area (Å²) in [5, 5.41) is 19.5. The molecule has 0 aromatic heterocycles. The Bertz CT molecular complexity index is 708. The van der Waals surface area contributed by atoms with Crippen molar-refractivity contribution >= 4 is 23.4 Å². The van der Waals surface area contributed by atoms with Crippen LogP contribution in [0.25, 0.3) is 0 Å². The molecule has 29 heavy (non-hydrogen) atoms. The minimum atomic E-state index is -0.510. The van der Waals surface area contributed by atoms with Gasteiger partial charge in [-0.3, -0.25) is 19.7 Å². The van der Waals surface area contributed by atoms with Crippen LogP contribution >= 0.6 is 0 Å². The number of nitrogens with two attached hydrogens (primary N) is 1. The summed E-state index contributed by atoms with van der Waals surface area (Å²) in [6.07, 6.45) is 4.80. The third-order valence-electron chi connectivity index (χ3n) is 4.53. The third-order valence-corrected chi connectivity index (χ3v) is 4.53. The number of nitro groups is 1. The molecule has 160 valence electrons. The molecular weight excluding hydrogens is 382 g/mol. The van der Waals surface area contributed by atoms with Gasteiger partial charge < -0.3 is 20.7 Å². The number of hydrogen-bond acceptors (Lipinski definition) is 8. The molecule has 11 nitrogen and oxygen atoms in total. The molecule has 1 saturated carbocycles. The Hall–Kier alpha value is -2.92. The molecule has 2 amide bonds. The predicted octanol–water partition coefficient (Wildman–Crippen LogP) is 1.57. The molecule has 0 heterocycles. The van der Waals surface area contributed by atoms with Gasteiger partial charge in [-0.15, -0.1) is 0 Å². The highest BCUT2D eigenvalue weighted by Crippen LogP contribution is 2.25. The van der Waals surface area contributed by atoms with Crippen LogP contribution in [0, 0.1) is 10.1 Å². The van der Waals surface area contributed by atoms with Crippen LogP contribution in [0.5, 0.6) is 0 Å². The van der Waals surface area contributed by atoms with Gasteiger partial charge in [0.15, 0.2) is 0 Å². The highest BCUT2D eigenvalue weighted by Gasteiger charge is 2.17. The van der Waals surface area contributed by atoms with Gasteiger partial charge in [-0.05, 0) is 30.5 Å². The Kier molecular flexibility index (Phi) is 9.12. The number of carbonyl (C=O) groups excluding carboxylic acids is 2. The lowest BCUT2D eigenvalue weighted by Crippen LogP contribution is -2.36. The largest absolute Gasteiger partial charge is 0.445 e. The van der Waals surface area contributed by atoms with Gasteiger partial charge in [0.25, 0.3) is 5.69 Å². The van der Waals surface area contributed by atoms with Crippen LogP contribution in [0.2, 0.25) is 0 Å². The molecule has 2 rings (SSSR count). The molecule has 1 fully saturated rings. The topological polar surface area (TPSA) is 158 Å². The number of rotatable bonds is 10. The maximum Gasteiger partial charge on any atom is 0.407 e. The van der Waals surface area contributed by atoms with E-state index in [9.17, 15) is 19.7 Å². The average Bonchev–Trinajstić information content (AvgIpc) is 2.70. The molecule has 0 spiro atoms. The van der Waals surface area contributed by atoms with Gasteiger partial charge in [0, 0.05) is 25.2 Å². The summed E-state index contributed by atoms with van der Waals surface area (Å²) in [5.74, 6) is 4.41. The molecule has 11 heteroatoms. The molecule has 1 aromatic carbocycles. The van der Waals surface area contributed by atoms with E-state index in [4.69, 9.17) is 10.6 Å². The van der Waals surface area contributed by atoms with Gasteiger partial charge in [-0.1, -0.05) is 19.3 Å². The summed E-state index contributed by atoms with van der Waals surface area (Å²) in [5.41, 5.74) is 0.766. The second-order valence-corrected chi connectivity index (χ2v) is 6.75. The van der Waals surface area contributed by atoms with Gasteiger partial charge in [-0.25, -0.2) is 10.7 Å². The Balaban J connectivity index is 1.86. The van der Waals surface area contributed by atoms with Crippen molar-refractivity contribution in [3.8, 4) is 0 Å². The molecule has 0 bridgehead atoms. The Morgan fingerprint density at radius 2 is 1.97 bits per heavy atom. The number of alkyl carbamates (subject to hydrolysis) is 1. The number of benzene rings is 1. The molecule has 0 unspecified atom stereocenters. The summed E-state index contributed by atoms with van der Waals surface area (Å²) in [4.78, 5) is 38.1. The van der Waals surface area contributed by atoms with Crippen molar-refractivity contribution < 1.29 is 24.1 Å². The molecule has 0 saturated heterocycles. The summed E-state index contributed by atoms with van der Waals surface area (Å²) < 4.78 is 5.24. The Morgan fingerprint density at radius 1 is 1.21 bits per heavy atom. The number of anilines is 1. The molecule has 1 aliphatic rings. The van der Waals surface area contributed by atoms with Crippen molar-refractivity contribution in [1.29, 1.82) is 0 Å². The molecular formula is C18H27N5O6. The summed E-state index contributed by atoms with van der Waals surface area (Å²) >= 11 is 0. The van der Waals surface area contributed by atoms with Crippen molar-refractivity contribution in [3.63, 3.8) is 0 Å². The summed E-state index contributed by atoms with van der Waals surface area (Å²) in [7, 11) is 0. The van der Waals surface area contributed by atoms with Gasteiger partial charge >= 0.3 is 6.09 Å². The van der Waals surface area contributed by atoms with E-state index in [1.165, 1.54) is 18.6 Å². The number of amides is 2. The van der Waals surface area contributed by atoms with Crippen LogP contribution in [0.15, 0.2) is 18.2 Å². The maximum atomic E-state index is 12.0. The van der Waals surface area contributed by atoms with E-state index in [0.717, 1.165) is 25.7 Å². The number of ether oxygens (including phenoxy) is 1. The van der Waals surface area contributed by atoms with Crippen molar-refractivity contribution in [2.75, 3.05) is 25.0 Å². The molecule has 5 N–H and O–H groups in total. The van der Waals surface area contributed by atoms with Crippen LogP contribution in [0.3, 0.4) is 0 Å². The average molecular weight is 409 g/mol. The van der Waals surface area contributed by atoms with Crippen LogP contribution in [-0.4, -0.2) is 42.7 Å². The maximum absolute atomic E-state index is 12.0. The molecule has 0 aliphatic heterocycles. The minimum absolute atomic E-state index is 0.00416. The lowest BCUT2D eigenvalue weighted by atomic mass is 9.96. The number of nitro benzene ring substituents is 1. The predicted molar refractivity (Wildman–Crippen MR) is 105 cm³/mol. The van der Waals surface area contributed by atoms with Crippen molar-refractivity contribution in [2.24, 2.45) is 5.90 Å². The van der Waals surface area contributed by atoms with Crippen molar-refractivity contribution in [1.82, 2.24) is 10.6 Å². The fraction of sp³-hybridized carbons (Fsp3) is 0.556. The summed E-state index contributed by atoms with van der Waals surface area (Å²) in [6, 6.07) is 4.58. The van der Waals surface area contributed by atoms with E-state index in [1.807, 2.05) is 0 Å². The van der Waals surface area contributed by atoms with Gasteiger partial charge in [0.2, 0.25) is 5.91 Å². The molecule has 0 atom stereocenters. The number of hydrogen-bond donors (Lipinski definition) is 4. The number of nitrogens with one attached hydrogen (secondary N) is 3. The highest BCUT2D eigenvalue weighted by molar-refractivity contribution is 5.77. The second-order valence-electron chi connectivity index (χ2n) is 6.75. The van der Waals surface area contributed by atoms with E-state index in [-0.39, 0.29) is 43.7 Å². The van der Waals surface area contributed by atoms with Crippen LogP contribution < -0.4 is 21.8 Å². The van der Waals surface area contributed by atoms with E-state index >= 15 is 0 Å². The first-order valence-electron chi connectivity index (χ1n) is 9.52. The smallest absolute Gasteiger partial charge is 0.407 e. The van der Waals surface area contributed by atoms with E-state index in [2.05, 4.69) is 20.8 Å². The standard InChI is InChI=1S/C18H27N5O6/c19-29-12-17(24)21-9-8-20-15-10-13(6-7-16(15)23(26)27)11-28-18(25)22-14-4-2-1-3-5-14/h6-7,10,14,20H,1-5,8-9,11-12,19H2,(H,21,24)(H,22,25). The van der Waals surface area contributed by atoms with Crippen LogP contribution in [0.1, 0.15) is 37.7 Å². The Morgan fingerprint density at radius 3 is 2.66 bits per heavy atom. The number of carbonyl (C=O) groups is 2. The minimum Gasteiger partial charge on any atom is -0.445 e. The van der Waals surface area contributed by atoms with E-state index in [1.54, 1.807) is 6.07 Å². The quantitative estimate of drug-likeness (QED) is 0.257. The first kappa shape index (κ1) is 22.4. The second kappa shape index (κ2) is 11.8. The van der Waals surface area contributed by atoms with Crippen molar-refractivity contribution in [3.05, 3.63) is 33.9 Å². The fourth-order valence-electron chi connectivity index (χ4n) is 3.10. The molecule has 1 aromatic rings. The lowest BCUT2D eigenvalue weighted by Gasteiger charge is -2.22. The van der Waals surface area contributed by atoms with Crippen LogP contribution in [0.4, 0.5) is 16.2 Å². The Labute approximate surface area is 168 Å². The van der Waals surface area contributed by atoms with E-state index in [0.29, 0.717) is 5.56 Å². The third kappa shape index (κ3) is 7.92. The van der Waals surface area contributed by atoms with Gasteiger partial charge in [0.1, 0.15) is 18.9 Å². The van der Waals surface area contributed by atoms with Gasteiger partial charge in [-0.2, -0.15) is 0 Å². The highest BCUT2D eigenvalue weighted by atomic mass is 16.6.